The van der Waals surface area contributed by atoms with Crippen LogP contribution in [0.25, 0.3) is 0 Å². The number of aromatic nitrogens is 2. The first-order chi connectivity index (χ1) is 12.8. The predicted octanol–water partition coefficient (Wildman–Crippen LogP) is 3.67. The summed E-state index contributed by atoms with van der Waals surface area (Å²) in [6.45, 7) is 2.32. The number of ether oxygens (including phenoxy) is 1. The third kappa shape index (κ3) is 4.64. The maximum Gasteiger partial charge on any atom is 0.249 e. The molecule has 6 heteroatoms. The van der Waals surface area contributed by atoms with Gasteiger partial charge < -0.3 is 14.2 Å². The monoisotopic (exact) mass is 361 g/mol. The summed E-state index contributed by atoms with van der Waals surface area (Å²) in [6.07, 6.45) is 12.2. The fourth-order valence-corrected chi connectivity index (χ4v) is 4.28. The fraction of sp³-hybridized carbons (Fsp3) is 0.850. The van der Waals surface area contributed by atoms with Crippen LogP contribution in [0.4, 0.5) is 0 Å². The number of rotatable bonds is 8. The second kappa shape index (κ2) is 8.51. The summed E-state index contributed by atoms with van der Waals surface area (Å²) in [4.78, 5) is 19.3. The molecule has 3 fully saturated rings. The van der Waals surface area contributed by atoms with Crippen LogP contribution in [-0.2, 0) is 16.0 Å². The third-order valence-electron chi connectivity index (χ3n) is 6.05. The molecule has 1 aromatic rings. The van der Waals surface area contributed by atoms with Crippen LogP contribution in [0.3, 0.4) is 0 Å². The standard InChI is InChI=1S/C20H31N3O3/c24-19(13-15-5-2-1-3-6-15)23-11-4-7-17(23)20-21-18(22-26-20)10-12-25-14-16-8-9-16/h15-17H,1-14H2. The summed E-state index contributed by atoms with van der Waals surface area (Å²) in [5.74, 6) is 2.92. The van der Waals surface area contributed by atoms with Crippen LogP contribution in [0.5, 0.6) is 0 Å². The number of hydrogen-bond acceptors (Lipinski definition) is 5. The number of hydrogen-bond donors (Lipinski definition) is 0. The van der Waals surface area contributed by atoms with E-state index in [9.17, 15) is 4.79 Å². The van der Waals surface area contributed by atoms with Crippen molar-refractivity contribution in [3.63, 3.8) is 0 Å². The zero-order chi connectivity index (χ0) is 17.8. The van der Waals surface area contributed by atoms with Crippen LogP contribution in [0.2, 0.25) is 0 Å². The van der Waals surface area contributed by atoms with Gasteiger partial charge in [0.1, 0.15) is 6.04 Å². The molecule has 2 heterocycles. The summed E-state index contributed by atoms with van der Waals surface area (Å²) in [5, 5.41) is 4.10. The zero-order valence-electron chi connectivity index (χ0n) is 15.7. The molecule has 26 heavy (non-hydrogen) atoms. The van der Waals surface area contributed by atoms with Crippen molar-refractivity contribution in [3.05, 3.63) is 11.7 Å². The lowest BCUT2D eigenvalue weighted by atomic mass is 9.86. The van der Waals surface area contributed by atoms with Gasteiger partial charge in [-0.15, -0.1) is 0 Å². The van der Waals surface area contributed by atoms with Crippen molar-refractivity contribution < 1.29 is 14.1 Å². The lowest BCUT2D eigenvalue weighted by molar-refractivity contribution is -0.133. The molecule has 1 aliphatic heterocycles. The van der Waals surface area contributed by atoms with E-state index in [0.29, 0.717) is 37.1 Å². The Morgan fingerprint density at radius 3 is 2.73 bits per heavy atom. The molecular formula is C20H31N3O3. The van der Waals surface area contributed by atoms with Crippen LogP contribution in [0.15, 0.2) is 4.52 Å². The molecular weight excluding hydrogens is 330 g/mol. The van der Waals surface area contributed by atoms with Crippen LogP contribution in [-0.4, -0.2) is 40.7 Å². The summed E-state index contributed by atoms with van der Waals surface area (Å²) >= 11 is 0. The van der Waals surface area contributed by atoms with Crippen molar-refractivity contribution in [1.29, 1.82) is 0 Å². The number of likely N-dealkylation sites (tertiary alicyclic amines) is 1. The van der Waals surface area contributed by atoms with Gasteiger partial charge in [-0.25, -0.2) is 0 Å². The van der Waals surface area contributed by atoms with Gasteiger partial charge in [0.2, 0.25) is 11.8 Å². The number of carbonyl (C=O) groups excluding carboxylic acids is 1. The molecule has 1 amide bonds. The number of nitrogens with zero attached hydrogens (tertiary/aromatic N) is 3. The van der Waals surface area contributed by atoms with Crippen LogP contribution in [0.1, 0.15) is 82.0 Å². The summed E-state index contributed by atoms with van der Waals surface area (Å²) in [5.41, 5.74) is 0. The maximum atomic E-state index is 12.8. The van der Waals surface area contributed by atoms with E-state index in [2.05, 4.69) is 10.1 Å². The van der Waals surface area contributed by atoms with Crippen molar-refractivity contribution in [2.24, 2.45) is 11.8 Å². The van der Waals surface area contributed by atoms with Gasteiger partial charge in [-0.1, -0.05) is 24.4 Å². The highest BCUT2D eigenvalue weighted by Crippen LogP contribution is 2.34. The lowest BCUT2D eigenvalue weighted by Gasteiger charge is -2.26. The normalized spacial score (nSPS) is 24.3. The molecule has 0 aromatic carbocycles. The molecule has 0 N–H and O–H groups in total. The average Bonchev–Trinajstić information content (AvgIpc) is 3.16. The predicted molar refractivity (Wildman–Crippen MR) is 96.4 cm³/mol. The SMILES string of the molecule is O=C(CC1CCCCC1)N1CCCC1c1nc(CCOCC2CC2)no1. The molecule has 2 saturated carbocycles. The minimum Gasteiger partial charge on any atom is -0.381 e. The molecule has 6 nitrogen and oxygen atoms in total. The highest BCUT2D eigenvalue weighted by Gasteiger charge is 2.34. The summed E-state index contributed by atoms with van der Waals surface area (Å²) < 4.78 is 11.2. The molecule has 4 rings (SSSR count). The largest absolute Gasteiger partial charge is 0.381 e. The molecule has 0 radical (unpaired) electrons. The van der Waals surface area contributed by atoms with Gasteiger partial charge in [0.15, 0.2) is 5.82 Å². The third-order valence-corrected chi connectivity index (χ3v) is 6.05. The smallest absolute Gasteiger partial charge is 0.249 e. The molecule has 1 aromatic heterocycles. The highest BCUT2D eigenvalue weighted by molar-refractivity contribution is 5.77. The number of carbonyl (C=O) groups is 1. The van der Waals surface area contributed by atoms with E-state index in [-0.39, 0.29) is 11.9 Å². The highest BCUT2D eigenvalue weighted by atomic mass is 16.5. The molecule has 1 unspecified atom stereocenters. The zero-order valence-corrected chi connectivity index (χ0v) is 15.7. The van der Waals surface area contributed by atoms with Gasteiger partial charge in [-0.3, -0.25) is 4.79 Å². The minimum absolute atomic E-state index is 0.0280. The maximum absolute atomic E-state index is 12.8. The Kier molecular flexibility index (Phi) is 5.88. The first-order valence-electron chi connectivity index (χ1n) is 10.5. The quantitative estimate of drug-likeness (QED) is 0.661. The van der Waals surface area contributed by atoms with E-state index in [4.69, 9.17) is 9.26 Å². The molecule has 0 spiro atoms. The minimum atomic E-state index is -0.0280. The molecule has 1 saturated heterocycles. The molecule has 3 aliphatic rings. The molecule has 0 bridgehead atoms. The first-order valence-corrected chi connectivity index (χ1v) is 10.5. The van der Waals surface area contributed by atoms with Crippen LogP contribution < -0.4 is 0 Å². The molecule has 144 valence electrons. The first kappa shape index (κ1) is 18.0. The molecule has 2 aliphatic carbocycles. The average molecular weight is 361 g/mol. The van der Waals surface area contributed by atoms with Gasteiger partial charge >= 0.3 is 0 Å². The second-order valence-electron chi connectivity index (χ2n) is 8.27. The Labute approximate surface area is 155 Å². The Bertz CT molecular complexity index is 593. The van der Waals surface area contributed by atoms with E-state index >= 15 is 0 Å². The van der Waals surface area contributed by atoms with Crippen molar-refractivity contribution >= 4 is 5.91 Å². The Morgan fingerprint density at radius 2 is 1.92 bits per heavy atom. The van der Waals surface area contributed by atoms with Gasteiger partial charge in [0.05, 0.1) is 6.61 Å². The van der Waals surface area contributed by atoms with Gasteiger partial charge in [-0.2, -0.15) is 4.98 Å². The van der Waals surface area contributed by atoms with Gasteiger partial charge in [0, 0.05) is 26.0 Å². The van der Waals surface area contributed by atoms with E-state index in [1.54, 1.807) is 0 Å². The van der Waals surface area contributed by atoms with E-state index in [0.717, 1.165) is 31.9 Å². The van der Waals surface area contributed by atoms with E-state index in [1.807, 2.05) is 4.90 Å². The van der Waals surface area contributed by atoms with Gasteiger partial charge in [0.25, 0.3) is 0 Å². The van der Waals surface area contributed by atoms with Crippen molar-refractivity contribution in [3.8, 4) is 0 Å². The Hall–Kier alpha value is -1.43. The van der Waals surface area contributed by atoms with Crippen molar-refractivity contribution in [2.45, 2.75) is 76.7 Å². The van der Waals surface area contributed by atoms with E-state index in [1.165, 1.54) is 44.9 Å². The molecule has 1 atom stereocenters. The van der Waals surface area contributed by atoms with Crippen molar-refractivity contribution in [1.82, 2.24) is 15.0 Å². The van der Waals surface area contributed by atoms with Crippen LogP contribution in [0, 0.1) is 11.8 Å². The van der Waals surface area contributed by atoms with Crippen molar-refractivity contribution in [2.75, 3.05) is 19.8 Å². The Balaban J connectivity index is 1.28. The topological polar surface area (TPSA) is 68.5 Å². The lowest BCUT2D eigenvalue weighted by Crippen LogP contribution is -2.32. The Morgan fingerprint density at radius 1 is 1.08 bits per heavy atom. The summed E-state index contributed by atoms with van der Waals surface area (Å²) in [6, 6.07) is -0.0280. The summed E-state index contributed by atoms with van der Waals surface area (Å²) in [7, 11) is 0. The second-order valence-corrected chi connectivity index (χ2v) is 8.27. The van der Waals surface area contributed by atoms with Crippen LogP contribution >= 0.6 is 0 Å². The van der Waals surface area contributed by atoms with E-state index < -0.39 is 0 Å². The van der Waals surface area contributed by atoms with Gasteiger partial charge in [-0.05, 0) is 50.4 Å². The fourth-order valence-electron chi connectivity index (χ4n) is 4.28. The number of amides is 1.